The van der Waals surface area contributed by atoms with Crippen LogP contribution in [0.25, 0.3) is 0 Å². The van der Waals surface area contributed by atoms with Crippen molar-refractivity contribution in [1.82, 2.24) is 0 Å². The first-order chi connectivity index (χ1) is 2.27. The minimum atomic E-state index is 0. The Morgan fingerprint density at radius 1 is 1.67 bits per heavy atom. The molecule has 0 amide bonds. The third-order valence-corrected chi connectivity index (χ3v) is 0.498. The molecule has 0 radical (unpaired) electrons. The van der Waals surface area contributed by atoms with Gasteiger partial charge in [-0.3, -0.25) is 0 Å². The van der Waals surface area contributed by atoms with Crippen molar-refractivity contribution in [2.24, 2.45) is 0 Å². The summed E-state index contributed by atoms with van der Waals surface area (Å²) < 4.78 is 0. The van der Waals surface area contributed by atoms with Crippen molar-refractivity contribution in [2.75, 3.05) is 0 Å². The van der Waals surface area contributed by atoms with Crippen molar-refractivity contribution in [3.05, 3.63) is 0 Å². The zero-order valence-electron chi connectivity index (χ0n) is 3.93. The number of hydrogen-bond donors (Lipinski definition) is 0. The number of carbonyl (C=O) groups is 1. The maximum atomic E-state index is 9.81. The van der Waals surface area contributed by atoms with Crippen LogP contribution >= 0.6 is 0 Å². The van der Waals surface area contributed by atoms with Crippen LogP contribution in [0.5, 0.6) is 0 Å². The van der Waals surface area contributed by atoms with Crippen LogP contribution in [0.1, 0.15) is 20.3 Å². The van der Waals surface area contributed by atoms with Crippen molar-refractivity contribution in [3.63, 3.8) is 0 Å². The van der Waals surface area contributed by atoms with Crippen LogP contribution in [0.4, 0.5) is 0 Å². The largest absolute Gasteiger partial charge is 0.300 e. The average Bonchev–Trinajstić information content (AvgIpc) is 1.38. The second-order valence-corrected chi connectivity index (χ2v) is 1.06. The molecule has 0 aliphatic heterocycles. The van der Waals surface area contributed by atoms with Gasteiger partial charge in [0.05, 0.1) is 0 Å². The Bertz CT molecular complexity index is 42.8. The van der Waals surface area contributed by atoms with Gasteiger partial charge in [0.25, 0.3) is 0 Å². The summed E-state index contributed by atoms with van der Waals surface area (Å²) in [5.41, 5.74) is 0. The van der Waals surface area contributed by atoms with Crippen LogP contribution in [0.2, 0.25) is 0 Å². The molecule has 0 rings (SSSR count). The summed E-state index contributed by atoms with van der Waals surface area (Å²) in [6.07, 6.45) is 0.667. The van der Waals surface area contributed by atoms with Crippen LogP contribution in [-0.2, 0) is 25.9 Å². The fourth-order valence-corrected chi connectivity index (χ4v) is 0. The van der Waals surface area contributed by atoms with Gasteiger partial charge in [-0.2, -0.15) is 0 Å². The summed E-state index contributed by atoms with van der Waals surface area (Å²) in [6.45, 7) is 3.43. The van der Waals surface area contributed by atoms with E-state index in [4.69, 9.17) is 0 Å². The van der Waals surface area contributed by atoms with Gasteiger partial charge in [0.2, 0.25) is 0 Å². The smallest absolute Gasteiger partial charge is 0.129 e. The van der Waals surface area contributed by atoms with Gasteiger partial charge in [-0.15, -0.1) is 0 Å². The molecule has 0 atom stereocenters. The van der Waals surface area contributed by atoms with Gasteiger partial charge < -0.3 is 4.79 Å². The molecule has 2 heteroatoms. The molecule has 0 fully saturated rings. The molecule has 0 aromatic rings. The molecular formula is C4H8OPt. The minimum Gasteiger partial charge on any atom is -0.300 e. The molecule has 0 saturated carbocycles. The van der Waals surface area contributed by atoms with Crippen LogP contribution in [0.3, 0.4) is 0 Å². The standard InChI is InChI=1S/C4H8O.Pt/c1-3-4(2)5;/h3H2,1-2H3;. The van der Waals surface area contributed by atoms with E-state index in [0.717, 1.165) is 0 Å². The van der Waals surface area contributed by atoms with Crippen molar-refractivity contribution < 1.29 is 25.9 Å². The van der Waals surface area contributed by atoms with E-state index in [0.29, 0.717) is 6.42 Å². The molecule has 0 aliphatic carbocycles. The first kappa shape index (κ1) is 9.61. The molecule has 0 aromatic heterocycles. The van der Waals surface area contributed by atoms with Gasteiger partial charge in [-0.05, 0) is 6.92 Å². The second-order valence-electron chi connectivity index (χ2n) is 1.06. The zero-order valence-corrected chi connectivity index (χ0v) is 6.20. The Hall–Kier alpha value is 0.358. The fourth-order valence-electron chi connectivity index (χ4n) is 0. The van der Waals surface area contributed by atoms with Crippen molar-refractivity contribution in [3.8, 4) is 0 Å². The molecule has 40 valence electrons. The molecular weight excluding hydrogens is 259 g/mol. The summed E-state index contributed by atoms with van der Waals surface area (Å²) in [7, 11) is 0. The number of ketones is 1. The van der Waals surface area contributed by atoms with E-state index in [2.05, 4.69) is 0 Å². The van der Waals surface area contributed by atoms with Crippen LogP contribution in [-0.4, -0.2) is 5.78 Å². The van der Waals surface area contributed by atoms with E-state index in [9.17, 15) is 4.79 Å². The van der Waals surface area contributed by atoms with E-state index < -0.39 is 0 Å². The molecule has 0 saturated heterocycles. The number of carbonyl (C=O) groups excluding carboxylic acids is 1. The van der Waals surface area contributed by atoms with Crippen LogP contribution < -0.4 is 0 Å². The van der Waals surface area contributed by atoms with Gasteiger partial charge in [-0.1, -0.05) is 6.92 Å². The summed E-state index contributed by atoms with van der Waals surface area (Å²) >= 11 is 0. The summed E-state index contributed by atoms with van der Waals surface area (Å²) in [5, 5.41) is 0. The Labute approximate surface area is 52.4 Å². The summed E-state index contributed by atoms with van der Waals surface area (Å²) in [6, 6.07) is 0. The number of rotatable bonds is 1. The molecule has 0 bridgehead atoms. The van der Waals surface area contributed by atoms with E-state index in [1.54, 1.807) is 6.92 Å². The molecule has 1 nitrogen and oxygen atoms in total. The van der Waals surface area contributed by atoms with E-state index in [1.807, 2.05) is 6.92 Å². The van der Waals surface area contributed by atoms with Crippen LogP contribution in [0, 0.1) is 0 Å². The Morgan fingerprint density at radius 2 is 1.83 bits per heavy atom. The van der Waals surface area contributed by atoms with E-state index >= 15 is 0 Å². The predicted octanol–water partition coefficient (Wildman–Crippen LogP) is 0.983. The third-order valence-electron chi connectivity index (χ3n) is 0.498. The van der Waals surface area contributed by atoms with E-state index in [1.165, 1.54) is 0 Å². The molecule has 0 spiro atoms. The van der Waals surface area contributed by atoms with Gasteiger partial charge in [-0.25, -0.2) is 0 Å². The van der Waals surface area contributed by atoms with Crippen molar-refractivity contribution >= 4 is 5.78 Å². The minimum absolute atomic E-state index is 0. The molecule has 0 aromatic carbocycles. The quantitative estimate of drug-likeness (QED) is 0.692. The van der Waals surface area contributed by atoms with E-state index in [-0.39, 0.29) is 26.8 Å². The first-order valence-electron chi connectivity index (χ1n) is 1.76. The monoisotopic (exact) mass is 267 g/mol. The molecule has 0 aliphatic rings. The molecule has 0 heterocycles. The number of Topliss-reactive ketones (excluding diaryl/α,β-unsaturated/α-hetero) is 1. The van der Waals surface area contributed by atoms with Crippen molar-refractivity contribution in [2.45, 2.75) is 20.3 Å². The van der Waals surface area contributed by atoms with Crippen molar-refractivity contribution in [1.29, 1.82) is 0 Å². The second kappa shape index (κ2) is 5.36. The fraction of sp³-hybridized carbons (Fsp3) is 0.750. The topological polar surface area (TPSA) is 17.1 Å². The Kier molecular flexibility index (Phi) is 8.58. The third kappa shape index (κ3) is 8.84. The van der Waals surface area contributed by atoms with Gasteiger partial charge in [0.15, 0.2) is 0 Å². The predicted molar refractivity (Wildman–Crippen MR) is 21.0 cm³/mol. The molecule has 6 heavy (non-hydrogen) atoms. The SMILES string of the molecule is CCC(C)=O.[Pt]. The maximum absolute atomic E-state index is 9.81. The summed E-state index contributed by atoms with van der Waals surface area (Å²) in [5.74, 6) is 0.255. The normalized spacial score (nSPS) is 6.33. The molecule has 0 N–H and O–H groups in total. The summed E-state index contributed by atoms with van der Waals surface area (Å²) in [4.78, 5) is 9.81. The first-order valence-corrected chi connectivity index (χ1v) is 1.76. The Balaban J connectivity index is 0. The van der Waals surface area contributed by atoms with Gasteiger partial charge in [0.1, 0.15) is 5.78 Å². The zero-order chi connectivity index (χ0) is 4.28. The Morgan fingerprint density at radius 3 is 1.83 bits per heavy atom. The van der Waals surface area contributed by atoms with Gasteiger partial charge >= 0.3 is 0 Å². The molecule has 0 unspecified atom stereocenters. The van der Waals surface area contributed by atoms with Gasteiger partial charge in [0, 0.05) is 27.5 Å². The number of hydrogen-bond acceptors (Lipinski definition) is 1. The average molecular weight is 267 g/mol. The maximum Gasteiger partial charge on any atom is 0.129 e. The van der Waals surface area contributed by atoms with Crippen LogP contribution in [0.15, 0.2) is 0 Å².